The summed E-state index contributed by atoms with van der Waals surface area (Å²) in [5, 5.41) is 2.87. The Kier molecular flexibility index (Phi) is 11.8. The van der Waals surface area contributed by atoms with Gasteiger partial charge < -0.3 is 20.5 Å². The number of ether oxygens (including phenoxy) is 2. The topological polar surface area (TPSA) is 73.6 Å². The monoisotopic (exact) mass is 330 g/mol. The summed E-state index contributed by atoms with van der Waals surface area (Å²) in [6.45, 7) is 6.23. The minimum atomic E-state index is -0.0123. The van der Waals surface area contributed by atoms with E-state index in [-0.39, 0.29) is 24.4 Å². The van der Waals surface area contributed by atoms with Crippen LogP contribution in [0.3, 0.4) is 0 Å². The first-order chi connectivity index (χ1) is 10.1. The first-order valence-electron chi connectivity index (χ1n) is 7.41. The molecule has 1 atom stereocenters. The number of carbonyl (C=O) groups excluding carboxylic acids is 1. The van der Waals surface area contributed by atoms with E-state index >= 15 is 0 Å². The zero-order chi connectivity index (χ0) is 15.5. The number of rotatable bonds is 10. The zero-order valence-corrected chi connectivity index (χ0v) is 14.2. The maximum Gasteiger partial charge on any atom is 0.224 e. The maximum absolute atomic E-state index is 11.7. The SMILES string of the molecule is CCOCCOCc1cccc(NC(=O)CCC(C)N)c1.Cl. The summed E-state index contributed by atoms with van der Waals surface area (Å²) in [6, 6.07) is 7.71. The smallest absolute Gasteiger partial charge is 0.224 e. The van der Waals surface area contributed by atoms with Crippen molar-refractivity contribution >= 4 is 24.0 Å². The Balaban J connectivity index is 0.00000441. The van der Waals surface area contributed by atoms with Crippen LogP contribution < -0.4 is 11.1 Å². The van der Waals surface area contributed by atoms with Gasteiger partial charge in [0.15, 0.2) is 0 Å². The number of hydrogen-bond donors (Lipinski definition) is 2. The number of halogens is 1. The molecule has 1 unspecified atom stereocenters. The van der Waals surface area contributed by atoms with Gasteiger partial charge in [-0.1, -0.05) is 12.1 Å². The third-order valence-corrected chi connectivity index (χ3v) is 2.88. The normalized spacial score (nSPS) is 11.6. The molecule has 126 valence electrons. The molecule has 1 amide bonds. The molecule has 1 aromatic rings. The third-order valence-electron chi connectivity index (χ3n) is 2.88. The van der Waals surface area contributed by atoms with E-state index < -0.39 is 0 Å². The average molecular weight is 331 g/mol. The fourth-order valence-corrected chi connectivity index (χ4v) is 1.77. The summed E-state index contributed by atoms with van der Waals surface area (Å²) >= 11 is 0. The van der Waals surface area contributed by atoms with Gasteiger partial charge in [0.05, 0.1) is 19.8 Å². The molecule has 3 N–H and O–H groups in total. The van der Waals surface area contributed by atoms with Crippen LogP contribution in [0.5, 0.6) is 0 Å². The number of amides is 1. The number of benzene rings is 1. The largest absolute Gasteiger partial charge is 0.379 e. The van der Waals surface area contributed by atoms with Crippen LogP contribution in [0.25, 0.3) is 0 Å². The Morgan fingerprint density at radius 3 is 2.73 bits per heavy atom. The van der Waals surface area contributed by atoms with Crippen LogP contribution in [0.15, 0.2) is 24.3 Å². The van der Waals surface area contributed by atoms with Crippen LogP contribution in [0.4, 0.5) is 5.69 Å². The Labute approximate surface area is 139 Å². The van der Waals surface area contributed by atoms with Crippen LogP contribution in [0.1, 0.15) is 32.3 Å². The summed E-state index contributed by atoms with van der Waals surface area (Å²) < 4.78 is 10.7. The minimum Gasteiger partial charge on any atom is -0.379 e. The Hall–Kier alpha value is -1.14. The van der Waals surface area contributed by atoms with Crippen molar-refractivity contribution in [3.8, 4) is 0 Å². The second-order valence-corrected chi connectivity index (χ2v) is 5.01. The van der Waals surface area contributed by atoms with E-state index in [9.17, 15) is 4.79 Å². The van der Waals surface area contributed by atoms with Gasteiger partial charge in [0.1, 0.15) is 0 Å². The van der Waals surface area contributed by atoms with E-state index in [4.69, 9.17) is 15.2 Å². The van der Waals surface area contributed by atoms with Crippen molar-refractivity contribution in [3.05, 3.63) is 29.8 Å². The number of anilines is 1. The molecule has 0 fully saturated rings. The summed E-state index contributed by atoms with van der Waals surface area (Å²) in [5.41, 5.74) is 7.45. The van der Waals surface area contributed by atoms with Crippen molar-refractivity contribution in [2.75, 3.05) is 25.1 Å². The highest BCUT2D eigenvalue weighted by molar-refractivity contribution is 5.90. The molecule has 22 heavy (non-hydrogen) atoms. The molecule has 0 saturated heterocycles. The van der Waals surface area contributed by atoms with Gasteiger partial charge in [0.25, 0.3) is 0 Å². The molecule has 0 heterocycles. The lowest BCUT2D eigenvalue weighted by Crippen LogP contribution is -2.19. The van der Waals surface area contributed by atoms with Gasteiger partial charge in [-0.05, 0) is 38.0 Å². The van der Waals surface area contributed by atoms with Crippen LogP contribution in [0, 0.1) is 0 Å². The summed E-state index contributed by atoms with van der Waals surface area (Å²) in [7, 11) is 0. The second kappa shape index (κ2) is 12.4. The lowest BCUT2D eigenvalue weighted by atomic mass is 10.1. The summed E-state index contributed by atoms with van der Waals surface area (Å²) in [6.07, 6.45) is 1.12. The van der Waals surface area contributed by atoms with E-state index in [2.05, 4.69) is 5.32 Å². The van der Waals surface area contributed by atoms with Crippen molar-refractivity contribution < 1.29 is 14.3 Å². The van der Waals surface area contributed by atoms with E-state index in [0.29, 0.717) is 39.3 Å². The Bertz CT molecular complexity index is 428. The summed E-state index contributed by atoms with van der Waals surface area (Å²) in [5.74, 6) is -0.0123. The highest BCUT2D eigenvalue weighted by Gasteiger charge is 2.04. The van der Waals surface area contributed by atoms with Crippen molar-refractivity contribution in [1.29, 1.82) is 0 Å². The predicted molar refractivity (Wildman–Crippen MR) is 91.4 cm³/mol. The molecule has 1 rings (SSSR count). The van der Waals surface area contributed by atoms with Gasteiger partial charge in [-0.2, -0.15) is 0 Å². The van der Waals surface area contributed by atoms with E-state index in [1.165, 1.54) is 0 Å². The molecule has 0 aromatic heterocycles. The highest BCUT2D eigenvalue weighted by Crippen LogP contribution is 2.12. The third kappa shape index (κ3) is 9.73. The molecular weight excluding hydrogens is 304 g/mol. The maximum atomic E-state index is 11.7. The zero-order valence-electron chi connectivity index (χ0n) is 13.3. The lowest BCUT2D eigenvalue weighted by Gasteiger charge is -2.09. The Morgan fingerprint density at radius 1 is 1.32 bits per heavy atom. The average Bonchev–Trinajstić information content (AvgIpc) is 2.45. The van der Waals surface area contributed by atoms with E-state index in [1.807, 2.05) is 38.1 Å². The quantitative estimate of drug-likeness (QED) is 0.647. The van der Waals surface area contributed by atoms with Gasteiger partial charge in [0, 0.05) is 24.8 Å². The second-order valence-electron chi connectivity index (χ2n) is 5.01. The van der Waals surface area contributed by atoms with Crippen molar-refractivity contribution in [2.45, 2.75) is 39.3 Å². The number of hydrogen-bond acceptors (Lipinski definition) is 4. The molecule has 1 aromatic carbocycles. The van der Waals surface area contributed by atoms with Crippen molar-refractivity contribution in [3.63, 3.8) is 0 Å². The Morgan fingerprint density at radius 2 is 2.05 bits per heavy atom. The summed E-state index contributed by atoms with van der Waals surface area (Å²) in [4.78, 5) is 11.7. The molecule has 0 aliphatic carbocycles. The van der Waals surface area contributed by atoms with Gasteiger partial charge in [-0.25, -0.2) is 0 Å². The molecule has 6 heteroatoms. The molecule has 0 aliphatic heterocycles. The molecule has 0 aliphatic rings. The van der Waals surface area contributed by atoms with Gasteiger partial charge in [-0.3, -0.25) is 4.79 Å². The standard InChI is InChI=1S/C16H26N2O3.ClH/c1-3-20-9-10-21-12-14-5-4-6-15(11-14)18-16(19)8-7-13(2)17;/h4-6,11,13H,3,7-10,12,17H2,1-2H3,(H,18,19);1H. The van der Waals surface area contributed by atoms with Crippen molar-refractivity contribution in [2.24, 2.45) is 5.73 Å². The predicted octanol–water partition coefficient (Wildman–Crippen LogP) is 2.73. The molecule has 0 saturated carbocycles. The lowest BCUT2D eigenvalue weighted by molar-refractivity contribution is -0.116. The van der Waals surface area contributed by atoms with Gasteiger partial charge in [-0.15, -0.1) is 12.4 Å². The first kappa shape index (κ1) is 20.9. The van der Waals surface area contributed by atoms with Gasteiger partial charge in [0.2, 0.25) is 5.91 Å². The fourth-order valence-electron chi connectivity index (χ4n) is 1.77. The van der Waals surface area contributed by atoms with Crippen LogP contribution in [-0.2, 0) is 20.9 Å². The van der Waals surface area contributed by atoms with Crippen LogP contribution >= 0.6 is 12.4 Å². The van der Waals surface area contributed by atoms with Crippen molar-refractivity contribution in [1.82, 2.24) is 0 Å². The van der Waals surface area contributed by atoms with Crippen LogP contribution in [0.2, 0.25) is 0 Å². The molecular formula is C16H27ClN2O3. The van der Waals surface area contributed by atoms with Gasteiger partial charge >= 0.3 is 0 Å². The molecule has 0 radical (unpaired) electrons. The van der Waals surface area contributed by atoms with E-state index in [1.54, 1.807) is 0 Å². The number of nitrogens with two attached hydrogens (primary N) is 1. The number of nitrogens with one attached hydrogen (secondary N) is 1. The molecule has 0 bridgehead atoms. The van der Waals surface area contributed by atoms with Crippen LogP contribution in [-0.4, -0.2) is 31.8 Å². The molecule has 5 nitrogen and oxygen atoms in total. The molecule has 0 spiro atoms. The fraction of sp³-hybridized carbons (Fsp3) is 0.562. The highest BCUT2D eigenvalue weighted by atomic mass is 35.5. The number of carbonyl (C=O) groups is 1. The first-order valence-corrected chi connectivity index (χ1v) is 7.41. The van der Waals surface area contributed by atoms with E-state index in [0.717, 1.165) is 11.3 Å². The minimum absolute atomic E-state index is 0.